The number of aromatic nitrogens is 4. The van der Waals surface area contributed by atoms with Gasteiger partial charge in [0, 0.05) is 48.9 Å². The third kappa shape index (κ3) is 5.57. The summed E-state index contributed by atoms with van der Waals surface area (Å²) in [6.07, 6.45) is 3.10. The maximum atomic E-state index is 15.6. The quantitative estimate of drug-likeness (QED) is 0.294. The van der Waals surface area contributed by atoms with Crippen molar-refractivity contribution >= 4 is 57.7 Å². The van der Waals surface area contributed by atoms with Crippen LogP contribution in [0.15, 0.2) is 58.9 Å². The summed E-state index contributed by atoms with van der Waals surface area (Å²) >= 11 is 8.31. The summed E-state index contributed by atoms with van der Waals surface area (Å²) in [6, 6.07) is 7.61. The highest BCUT2D eigenvalue weighted by Crippen LogP contribution is 2.40. The van der Waals surface area contributed by atoms with Gasteiger partial charge in [0.2, 0.25) is 11.8 Å². The highest BCUT2D eigenvalue weighted by atomic mass is 35.5. The summed E-state index contributed by atoms with van der Waals surface area (Å²) in [7, 11) is 0. The first-order valence-corrected chi connectivity index (χ1v) is 16.0. The number of nitrogens with zero attached hydrogens (tertiary/aromatic N) is 6. The number of piperazine rings is 1. The molecule has 0 aliphatic carbocycles. The second-order valence-electron chi connectivity index (χ2n) is 11.3. The van der Waals surface area contributed by atoms with Crippen LogP contribution < -0.4 is 15.9 Å². The number of pyridine rings is 2. The van der Waals surface area contributed by atoms with Crippen LogP contribution in [0.2, 0.25) is 5.02 Å². The van der Waals surface area contributed by atoms with Crippen molar-refractivity contribution in [2.24, 2.45) is 0 Å². The Balaban J connectivity index is 1.69. The van der Waals surface area contributed by atoms with E-state index in [1.165, 1.54) is 34.5 Å². The molecule has 10 nitrogen and oxygen atoms in total. The standard InChI is InChI=1S/C32H31ClFN7O3S/c1-5-25(43)39-12-13-40(18(4)16-39)30-19-15-20(33)28-26-21(34)7-6-8-22(26)36-24(42)10-14-45-23-9-11-35-27(17(2)3)29(23)41(31(19)37-28)32(44)38-30/h5-9,11,15,17-18H,1,10,12-14,16H2,2-4H3,(H,36,42)/t18-/m0/s1. The topological polar surface area (TPSA) is 113 Å². The molecule has 45 heavy (non-hydrogen) atoms. The maximum absolute atomic E-state index is 15.6. The summed E-state index contributed by atoms with van der Waals surface area (Å²) < 4.78 is 17.0. The van der Waals surface area contributed by atoms with Crippen LogP contribution in [0.4, 0.5) is 15.9 Å². The van der Waals surface area contributed by atoms with E-state index >= 15 is 4.39 Å². The van der Waals surface area contributed by atoms with E-state index in [1.54, 1.807) is 29.3 Å². The molecule has 2 amide bonds. The lowest BCUT2D eigenvalue weighted by Crippen LogP contribution is -2.54. The van der Waals surface area contributed by atoms with E-state index in [-0.39, 0.29) is 57.8 Å². The molecule has 1 N–H and O–H groups in total. The molecule has 0 unspecified atom stereocenters. The van der Waals surface area contributed by atoms with Gasteiger partial charge < -0.3 is 15.1 Å². The van der Waals surface area contributed by atoms with E-state index in [9.17, 15) is 14.4 Å². The van der Waals surface area contributed by atoms with Crippen LogP contribution >= 0.6 is 23.4 Å². The molecule has 5 heterocycles. The second kappa shape index (κ2) is 12.2. The molecule has 2 bridgehead atoms. The molecule has 6 rings (SSSR count). The summed E-state index contributed by atoms with van der Waals surface area (Å²) in [5.74, 6) is -0.423. The van der Waals surface area contributed by atoms with Crippen molar-refractivity contribution in [3.63, 3.8) is 0 Å². The minimum Gasteiger partial charge on any atom is -0.350 e. The molecule has 0 spiro atoms. The molecule has 0 saturated carbocycles. The molecule has 2 aliphatic heterocycles. The van der Waals surface area contributed by atoms with Crippen molar-refractivity contribution in [1.29, 1.82) is 0 Å². The minimum atomic E-state index is -0.629. The molecule has 4 aromatic rings. The number of amides is 2. The van der Waals surface area contributed by atoms with Gasteiger partial charge in [0.25, 0.3) is 0 Å². The number of carbonyl (C=O) groups is 2. The van der Waals surface area contributed by atoms with Gasteiger partial charge in [-0.25, -0.2) is 18.7 Å². The van der Waals surface area contributed by atoms with Gasteiger partial charge >= 0.3 is 5.69 Å². The Morgan fingerprint density at radius 1 is 1.22 bits per heavy atom. The van der Waals surface area contributed by atoms with Crippen LogP contribution in [-0.4, -0.2) is 67.7 Å². The zero-order valence-electron chi connectivity index (χ0n) is 25.0. The van der Waals surface area contributed by atoms with Crippen LogP contribution in [0, 0.1) is 5.82 Å². The van der Waals surface area contributed by atoms with E-state index in [1.807, 2.05) is 25.7 Å². The van der Waals surface area contributed by atoms with Crippen molar-refractivity contribution in [3.05, 3.63) is 76.2 Å². The largest absolute Gasteiger partial charge is 0.355 e. The monoisotopic (exact) mass is 647 g/mol. The summed E-state index contributed by atoms with van der Waals surface area (Å²) in [5.41, 5.74) is 1.09. The Hall–Kier alpha value is -4.29. The van der Waals surface area contributed by atoms with Crippen LogP contribution in [0.1, 0.15) is 38.8 Å². The Bertz CT molecular complexity index is 1930. The fourth-order valence-electron chi connectivity index (χ4n) is 5.85. The average molecular weight is 648 g/mol. The highest BCUT2D eigenvalue weighted by Gasteiger charge is 2.31. The van der Waals surface area contributed by atoms with E-state index in [0.717, 1.165) is 4.90 Å². The van der Waals surface area contributed by atoms with E-state index in [0.29, 0.717) is 48.0 Å². The van der Waals surface area contributed by atoms with Crippen molar-refractivity contribution in [2.75, 3.05) is 35.6 Å². The predicted molar refractivity (Wildman–Crippen MR) is 175 cm³/mol. The number of thioether (sulfide) groups is 1. The first-order chi connectivity index (χ1) is 21.6. The number of halogens is 2. The fourth-order valence-corrected chi connectivity index (χ4v) is 7.10. The van der Waals surface area contributed by atoms with Crippen LogP contribution in [0.25, 0.3) is 28.0 Å². The lowest BCUT2D eigenvalue weighted by molar-refractivity contribution is -0.126. The van der Waals surface area contributed by atoms with Crippen molar-refractivity contribution in [2.45, 2.75) is 44.0 Å². The third-order valence-corrected chi connectivity index (χ3v) is 9.32. The minimum absolute atomic E-state index is 0.0161. The zero-order chi connectivity index (χ0) is 32.0. The smallest absolute Gasteiger partial charge is 0.350 e. The normalized spacial score (nSPS) is 16.8. The van der Waals surface area contributed by atoms with Gasteiger partial charge in [-0.1, -0.05) is 38.1 Å². The van der Waals surface area contributed by atoms with Gasteiger partial charge in [0.1, 0.15) is 11.6 Å². The number of fused-ring (bicyclic) bond motifs is 5. The first-order valence-electron chi connectivity index (χ1n) is 14.6. The molecule has 232 valence electrons. The third-order valence-electron chi connectivity index (χ3n) is 7.98. The number of hydrogen-bond donors (Lipinski definition) is 1. The zero-order valence-corrected chi connectivity index (χ0v) is 26.6. The number of carbonyl (C=O) groups excluding carboxylic acids is 2. The number of benzene rings is 1. The van der Waals surface area contributed by atoms with Crippen LogP contribution in [0.3, 0.4) is 0 Å². The second-order valence-corrected chi connectivity index (χ2v) is 12.8. The van der Waals surface area contributed by atoms with Crippen LogP contribution in [-0.2, 0) is 9.59 Å². The predicted octanol–water partition coefficient (Wildman–Crippen LogP) is 5.42. The highest BCUT2D eigenvalue weighted by molar-refractivity contribution is 7.99. The Morgan fingerprint density at radius 2 is 2.02 bits per heavy atom. The molecular weight excluding hydrogens is 617 g/mol. The molecule has 3 aromatic heterocycles. The van der Waals surface area contributed by atoms with Gasteiger partial charge in [-0.3, -0.25) is 14.6 Å². The Labute approximate surface area is 268 Å². The number of nitrogens with one attached hydrogen (secondary N) is 1. The Morgan fingerprint density at radius 3 is 2.76 bits per heavy atom. The average Bonchev–Trinajstić information content (AvgIpc) is 3.01. The number of anilines is 2. The molecule has 1 aromatic carbocycles. The van der Waals surface area contributed by atoms with Gasteiger partial charge in [-0.05, 0) is 43.2 Å². The van der Waals surface area contributed by atoms with E-state index in [4.69, 9.17) is 16.6 Å². The summed E-state index contributed by atoms with van der Waals surface area (Å²) in [6.45, 7) is 10.7. The fraction of sp³-hybridized carbons (Fsp3) is 0.312. The van der Waals surface area contributed by atoms with Crippen molar-refractivity contribution < 1.29 is 14.0 Å². The number of hydrogen-bond acceptors (Lipinski definition) is 8. The van der Waals surface area contributed by atoms with Gasteiger partial charge in [0.05, 0.1) is 38.7 Å². The van der Waals surface area contributed by atoms with Crippen molar-refractivity contribution in [3.8, 4) is 16.9 Å². The molecule has 2 aliphatic rings. The molecule has 13 heteroatoms. The first kappa shape index (κ1) is 30.7. The maximum Gasteiger partial charge on any atom is 0.355 e. The molecule has 1 saturated heterocycles. The summed E-state index contributed by atoms with van der Waals surface area (Å²) in [5, 5.41) is 3.41. The lowest BCUT2D eigenvalue weighted by Gasteiger charge is -2.40. The SMILES string of the molecule is C=CC(=O)N1CCN(c2nc(=O)n3c4nc(c(Cl)cc24)-c2c(F)cccc2NC(=O)CCSc2ccnc(C(C)C)c2-3)[C@@H](C)C1. The molecule has 1 atom stereocenters. The summed E-state index contributed by atoms with van der Waals surface area (Å²) in [4.78, 5) is 58.1. The van der Waals surface area contributed by atoms with Crippen LogP contribution in [0.5, 0.6) is 0 Å². The molecule has 1 fully saturated rings. The van der Waals surface area contributed by atoms with E-state index in [2.05, 4.69) is 21.9 Å². The molecular formula is C32H31ClFN7O3S. The lowest BCUT2D eigenvalue weighted by atomic mass is 10.1. The molecule has 0 radical (unpaired) electrons. The Kier molecular flexibility index (Phi) is 8.36. The van der Waals surface area contributed by atoms with Crippen molar-refractivity contribution in [1.82, 2.24) is 24.4 Å². The van der Waals surface area contributed by atoms with Gasteiger partial charge in [-0.15, -0.1) is 11.8 Å². The van der Waals surface area contributed by atoms with E-state index < -0.39 is 11.5 Å². The number of rotatable bonds is 3. The van der Waals surface area contributed by atoms with Gasteiger partial charge in [-0.2, -0.15) is 4.98 Å². The van der Waals surface area contributed by atoms with Gasteiger partial charge in [0.15, 0.2) is 5.65 Å².